The third-order valence-corrected chi connectivity index (χ3v) is 2.72. The fraction of sp³-hybridized carbons (Fsp3) is 0.538. The van der Waals surface area contributed by atoms with Crippen molar-refractivity contribution in [1.82, 2.24) is 0 Å². The van der Waals surface area contributed by atoms with Gasteiger partial charge in [-0.3, -0.25) is 0 Å². The second-order valence-corrected chi connectivity index (χ2v) is 3.77. The lowest BCUT2D eigenvalue weighted by molar-refractivity contribution is 0.284. The Bertz CT molecular complexity index is 334. The molecule has 0 heterocycles. The van der Waals surface area contributed by atoms with Crippen molar-refractivity contribution >= 4 is 0 Å². The summed E-state index contributed by atoms with van der Waals surface area (Å²) in [4.78, 5) is 0. The van der Waals surface area contributed by atoms with E-state index in [1.807, 2.05) is 19.1 Å². The number of unbranched alkanes of at least 4 members (excludes halogenated alkanes) is 1. The molecule has 90 valence electrons. The molecule has 0 bridgehead atoms. The molecule has 0 saturated heterocycles. The predicted octanol–water partition coefficient (Wildman–Crippen LogP) is 2.33. The number of benzene rings is 1. The van der Waals surface area contributed by atoms with Crippen LogP contribution in [-0.4, -0.2) is 25.9 Å². The molecule has 0 unspecified atom stereocenters. The van der Waals surface area contributed by atoms with E-state index in [2.05, 4.69) is 0 Å². The Morgan fingerprint density at radius 3 is 2.44 bits per heavy atom. The second kappa shape index (κ2) is 6.38. The minimum Gasteiger partial charge on any atom is -0.496 e. The Morgan fingerprint density at radius 2 is 1.88 bits per heavy atom. The summed E-state index contributed by atoms with van der Waals surface area (Å²) in [6.07, 6.45) is 2.72. The molecule has 1 N–H and O–H groups in total. The van der Waals surface area contributed by atoms with Gasteiger partial charge < -0.3 is 14.6 Å². The van der Waals surface area contributed by atoms with Gasteiger partial charge in [-0.1, -0.05) is 6.07 Å². The first-order valence-electron chi connectivity index (χ1n) is 5.56. The van der Waals surface area contributed by atoms with Crippen LogP contribution in [0.3, 0.4) is 0 Å². The van der Waals surface area contributed by atoms with Gasteiger partial charge in [0.2, 0.25) is 0 Å². The van der Waals surface area contributed by atoms with Gasteiger partial charge in [0.05, 0.1) is 14.2 Å². The highest BCUT2D eigenvalue weighted by Crippen LogP contribution is 2.31. The van der Waals surface area contributed by atoms with Crippen molar-refractivity contribution in [3.63, 3.8) is 0 Å². The van der Waals surface area contributed by atoms with Crippen LogP contribution in [0.4, 0.5) is 0 Å². The molecule has 0 aliphatic carbocycles. The molecular formula is C13H20O3. The number of ether oxygens (including phenoxy) is 2. The maximum Gasteiger partial charge on any atom is 0.128 e. The van der Waals surface area contributed by atoms with Gasteiger partial charge in [-0.05, 0) is 37.8 Å². The molecule has 0 aliphatic rings. The minimum atomic E-state index is 0.247. The number of hydrogen-bond donors (Lipinski definition) is 1. The van der Waals surface area contributed by atoms with Crippen LogP contribution in [0.5, 0.6) is 11.5 Å². The third kappa shape index (κ3) is 2.89. The molecule has 0 atom stereocenters. The smallest absolute Gasteiger partial charge is 0.128 e. The summed E-state index contributed by atoms with van der Waals surface area (Å²) in [7, 11) is 3.34. The maximum absolute atomic E-state index is 8.76. The van der Waals surface area contributed by atoms with Gasteiger partial charge in [-0.2, -0.15) is 0 Å². The normalized spacial score (nSPS) is 10.2. The van der Waals surface area contributed by atoms with Crippen molar-refractivity contribution in [3.8, 4) is 11.5 Å². The molecular weight excluding hydrogens is 204 g/mol. The standard InChI is InChI=1S/C13H20O3/c1-10-12(15-2)8-7-11(13(10)16-3)6-4-5-9-14/h7-8,14H,4-6,9H2,1-3H3. The fourth-order valence-corrected chi connectivity index (χ4v) is 1.86. The molecule has 0 aromatic heterocycles. The van der Waals surface area contributed by atoms with Crippen LogP contribution in [-0.2, 0) is 6.42 Å². The Balaban J connectivity index is 2.88. The Labute approximate surface area is 97.0 Å². The molecule has 1 aromatic carbocycles. The Kier molecular flexibility index (Phi) is 5.12. The number of aliphatic hydroxyl groups excluding tert-OH is 1. The zero-order valence-corrected chi connectivity index (χ0v) is 10.2. The monoisotopic (exact) mass is 224 g/mol. The number of aliphatic hydroxyl groups is 1. The van der Waals surface area contributed by atoms with Gasteiger partial charge in [0.15, 0.2) is 0 Å². The van der Waals surface area contributed by atoms with Crippen molar-refractivity contribution in [2.75, 3.05) is 20.8 Å². The van der Waals surface area contributed by atoms with Crippen molar-refractivity contribution < 1.29 is 14.6 Å². The molecule has 0 radical (unpaired) electrons. The Morgan fingerprint density at radius 1 is 1.12 bits per heavy atom. The largest absolute Gasteiger partial charge is 0.496 e. The van der Waals surface area contributed by atoms with Crippen LogP contribution in [0.25, 0.3) is 0 Å². The highest BCUT2D eigenvalue weighted by atomic mass is 16.5. The van der Waals surface area contributed by atoms with Gasteiger partial charge in [0, 0.05) is 12.2 Å². The summed E-state index contributed by atoms with van der Waals surface area (Å²) in [6, 6.07) is 3.99. The average Bonchev–Trinajstić information content (AvgIpc) is 2.30. The molecule has 0 saturated carbocycles. The number of hydrogen-bond acceptors (Lipinski definition) is 3. The predicted molar refractivity (Wildman–Crippen MR) is 64.3 cm³/mol. The van der Waals surface area contributed by atoms with Crippen molar-refractivity contribution in [3.05, 3.63) is 23.3 Å². The quantitative estimate of drug-likeness (QED) is 0.754. The zero-order valence-electron chi connectivity index (χ0n) is 10.2. The second-order valence-electron chi connectivity index (χ2n) is 3.77. The Hall–Kier alpha value is -1.22. The molecule has 3 heteroatoms. The summed E-state index contributed by atoms with van der Waals surface area (Å²) < 4.78 is 10.7. The van der Waals surface area contributed by atoms with Crippen molar-refractivity contribution in [2.24, 2.45) is 0 Å². The highest BCUT2D eigenvalue weighted by molar-refractivity contribution is 5.49. The summed E-state index contributed by atoms with van der Waals surface area (Å²) in [5, 5.41) is 8.76. The van der Waals surface area contributed by atoms with E-state index in [1.54, 1.807) is 14.2 Å². The van der Waals surface area contributed by atoms with Crippen LogP contribution in [0.1, 0.15) is 24.0 Å². The van der Waals surface area contributed by atoms with E-state index >= 15 is 0 Å². The number of aryl methyl sites for hydroxylation is 1. The van der Waals surface area contributed by atoms with E-state index in [1.165, 1.54) is 5.56 Å². The minimum absolute atomic E-state index is 0.247. The SMILES string of the molecule is COc1ccc(CCCCO)c(OC)c1C. The lowest BCUT2D eigenvalue weighted by atomic mass is 10.0. The van der Waals surface area contributed by atoms with E-state index in [9.17, 15) is 0 Å². The van der Waals surface area contributed by atoms with Crippen molar-refractivity contribution in [2.45, 2.75) is 26.2 Å². The first-order chi connectivity index (χ1) is 7.74. The molecule has 1 aromatic rings. The molecule has 0 fully saturated rings. The van der Waals surface area contributed by atoms with Crippen molar-refractivity contribution in [1.29, 1.82) is 0 Å². The van der Waals surface area contributed by atoms with Gasteiger partial charge >= 0.3 is 0 Å². The van der Waals surface area contributed by atoms with Crippen LogP contribution >= 0.6 is 0 Å². The summed E-state index contributed by atoms with van der Waals surface area (Å²) in [5.41, 5.74) is 2.21. The highest BCUT2D eigenvalue weighted by Gasteiger charge is 2.10. The van der Waals surface area contributed by atoms with Crippen LogP contribution in [0.15, 0.2) is 12.1 Å². The van der Waals surface area contributed by atoms with E-state index in [-0.39, 0.29) is 6.61 Å². The number of methoxy groups -OCH3 is 2. The molecule has 3 nitrogen and oxygen atoms in total. The van der Waals surface area contributed by atoms with E-state index < -0.39 is 0 Å². The topological polar surface area (TPSA) is 38.7 Å². The summed E-state index contributed by atoms with van der Waals surface area (Å²) >= 11 is 0. The van der Waals surface area contributed by atoms with E-state index in [4.69, 9.17) is 14.6 Å². The first-order valence-corrected chi connectivity index (χ1v) is 5.56. The molecule has 1 rings (SSSR count). The van der Waals surface area contributed by atoms with Gasteiger partial charge in [-0.25, -0.2) is 0 Å². The summed E-state index contributed by atoms with van der Waals surface area (Å²) in [5.74, 6) is 1.75. The van der Waals surface area contributed by atoms with Gasteiger partial charge in [-0.15, -0.1) is 0 Å². The molecule has 0 amide bonds. The first kappa shape index (κ1) is 12.8. The third-order valence-electron chi connectivity index (χ3n) is 2.72. The van der Waals surface area contributed by atoms with Gasteiger partial charge in [0.1, 0.15) is 11.5 Å². The maximum atomic E-state index is 8.76. The van der Waals surface area contributed by atoms with Crippen LogP contribution < -0.4 is 9.47 Å². The molecule has 0 aliphatic heterocycles. The fourth-order valence-electron chi connectivity index (χ4n) is 1.86. The lowest BCUT2D eigenvalue weighted by Crippen LogP contribution is -1.98. The van der Waals surface area contributed by atoms with Crippen LogP contribution in [0.2, 0.25) is 0 Å². The summed E-state index contributed by atoms with van der Waals surface area (Å²) in [6.45, 7) is 2.24. The molecule has 16 heavy (non-hydrogen) atoms. The lowest BCUT2D eigenvalue weighted by Gasteiger charge is -2.14. The van der Waals surface area contributed by atoms with E-state index in [0.717, 1.165) is 36.3 Å². The molecule has 0 spiro atoms. The van der Waals surface area contributed by atoms with E-state index in [0.29, 0.717) is 0 Å². The van der Waals surface area contributed by atoms with Gasteiger partial charge in [0.25, 0.3) is 0 Å². The number of rotatable bonds is 6. The average molecular weight is 224 g/mol. The zero-order chi connectivity index (χ0) is 12.0. The van der Waals surface area contributed by atoms with Crippen LogP contribution in [0, 0.1) is 6.92 Å².